The molecule has 0 saturated carbocycles. The van der Waals surface area contributed by atoms with E-state index < -0.39 is 5.82 Å². The van der Waals surface area contributed by atoms with E-state index in [2.05, 4.69) is 21.4 Å². The fourth-order valence-electron chi connectivity index (χ4n) is 3.65. The van der Waals surface area contributed by atoms with Crippen molar-refractivity contribution < 1.29 is 9.18 Å². The van der Waals surface area contributed by atoms with E-state index in [-0.39, 0.29) is 16.8 Å². The Labute approximate surface area is 174 Å². The fourth-order valence-corrected chi connectivity index (χ4v) is 4.46. The standard InChI is InChI=1S/C20H26ClFN4OS/c1-4-13(14-6-5-7-16(22)18(14)21)8-10-25(2)20(27)19-15-12-26(28-3)11-9-17(15)23-24-19/h5-7,13H,4,8-12H2,1-3H3,(H,23,24). The predicted octanol–water partition coefficient (Wildman–Crippen LogP) is 4.49. The zero-order chi connectivity index (χ0) is 20.3. The Morgan fingerprint density at radius 3 is 3.00 bits per heavy atom. The second-order valence-corrected chi connectivity index (χ2v) is 8.35. The Morgan fingerprint density at radius 1 is 1.50 bits per heavy atom. The van der Waals surface area contributed by atoms with Gasteiger partial charge >= 0.3 is 0 Å². The number of H-pyrrole nitrogens is 1. The molecule has 1 aromatic carbocycles. The quantitative estimate of drug-likeness (QED) is 0.665. The molecule has 0 radical (unpaired) electrons. The summed E-state index contributed by atoms with van der Waals surface area (Å²) in [5, 5.41) is 7.51. The lowest BCUT2D eigenvalue weighted by Crippen LogP contribution is -2.31. The fraction of sp³-hybridized carbons (Fsp3) is 0.500. The van der Waals surface area contributed by atoms with Crippen LogP contribution in [0, 0.1) is 5.82 Å². The first-order valence-corrected chi connectivity index (χ1v) is 11.1. The van der Waals surface area contributed by atoms with Gasteiger partial charge in [-0.15, -0.1) is 0 Å². The molecular weight excluding hydrogens is 399 g/mol. The molecule has 2 heterocycles. The molecule has 0 saturated heterocycles. The van der Waals surface area contributed by atoms with E-state index in [1.807, 2.05) is 12.3 Å². The van der Waals surface area contributed by atoms with Crippen LogP contribution in [0.2, 0.25) is 5.02 Å². The van der Waals surface area contributed by atoms with Gasteiger partial charge in [0.2, 0.25) is 0 Å². The average molecular weight is 425 g/mol. The van der Waals surface area contributed by atoms with Crippen molar-refractivity contribution in [3.63, 3.8) is 0 Å². The number of fused-ring (bicyclic) bond motifs is 1. The zero-order valence-corrected chi connectivity index (χ0v) is 18.0. The van der Waals surface area contributed by atoms with Gasteiger partial charge in [0.1, 0.15) is 5.82 Å². The van der Waals surface area contributed by atoms with Crippen LogP contribution >= 0.6 is 23.5 Å². The number of aromatic nitrogens is 2. The summed E-state index contributed by atoms with van der Waals surface area (Å²) >= 11 is 7.84. The highest BCUT2D eigenvalue weighted by Gasteiger charge is 2.27. The van der Waals surface area contributed by atoms with Crippen LogP contribution in [0.25, 0.3) is 0 Å². The van der Waals surface area contributed by atoms with E-state index in [0.717, 1.165) is 42.8 Å². The summed E-state index contributed by atoms with van der Waals surface area (Å²) in [5.41, 5.74) is 3.36. The van der Waals surface area contributed by atoms with Crippen LogP contribution in [0.1, 0.15) is 53.0 Å². The lowest BCUT2D eigenvalue weighted by molar-refractivity contribution is 0.0783. The SMILES string of the molecule is CCC(CCN(C)C(=O)c1n[nH]c2c1CN(SC)CC2)c1cccc(F)c1Cl. The molecule has 1 aliphatic rings. The molecule has 2 aromatic rings. The number of hydrogen-bond donors (Lipinski definition) is 1. The van der Waals surface area contributed by atoms with Crippen LogP contribution < -0.4 is 0 Å². The summed E-state index contributed by atoms with van der Waals surface area (Å²) in [6, 6.07) is 4.91. The smallest absolute Gasteiger partial charge is 0.274 e. The number of hydrogen-bond acceptors (Lipinski definition) is 4. The number of amides is 1. The number of aromatic amines is 1. The van der Waals surface area contributed by atoms with Gasteiger partial charge in [0.15, 0.2) is 5.69 Å². The monoisotopic (exact) mass is 424 g/mol. The minimum absolute atomic E-state index is 0.0827. The highest BCUT2D eigenvalue weighted by Crippen LogP contribution is 2.32. The van der Waals surface area contributed by atoms with E-state index in [0.29, 0.717) is 18.7 Å². The van der Waals surface area contributed by atoms with Gasteiger partial charge in [-0.25, -0.2) is 8.70 Å². The van der Waals surface area contributed by atoms with Crippen molar-refractivity contribution >= 4 is 29.5 Å². The van der Waals surface area contributed by atoms with Gasteiger partial charge in [-0.1, -0.05) is 42.6 Å². The highest BCUT2D eigenvalue weighted by molar-refractivity contribution is 7.96. The Balaban J connectivity index is 1.68. The van der Waals surface area contributed by atoms with Crippen LogP contribution in [0.5, 0.6) is 0 Å². The lowest BCUT2D eigenvalue weighted by atomic mass is 9.93. The Hall–Kier alpha value is -1.57. The molecule has 1 atom stereocenters. The topological polar surface area (TPSA) is 52.2 Å². The first kappa shape index (κ1) is 21.1. The maximum atomic E-state index is 13.8. The molecule has 8 heteroatoms. The first-order valence-electron chi connectivity index (χ1n) is 9.50. The number of halogens is 2. The second kappa shape index (κ2) is 9.29. The number of nitrogens with zero attached hydrogens (tertiary/aromatic N) is 3. The summed E-state index contributed by atoms with van der Waals surface area (Å²) < 4.78 is 16.0. The van der Waals surface area contributed by atoms with Gasteiger partial charge in [0, 0.05) is 44.4 Å². The number of carbonyl (C=O) groups excluding carboxylic acids is 1. The lowest BCUT2D eigenvalue weighted by Gasteiger charge is -2.25. The molecule has 0 spiro atoms. The highest BCUT2D eigenvalue weighted by atomic mass is 35.5. The van der Waals surface area contributed by atoms with E-state index in [1.54, 1.807) is 30.0 Å². The van der Waals surface area contributed by atoms with Crippen molar-refractivity contribution in [1.82, 2.24) is 19.4 Å². The van der Waals surface area contributed by atoms with Crippen molar-refractivity contribution in [2.45, 2.75) is 38.6 Å². The minimum Gasteiger partial charge on any atom is -0.340 e. The molecule has 1 unspecified atom stereocenters. The third-order valence-corrected chi connectivity index (χ3v) is 6.66. The molecule has 0 bridgehead atoms. The number of carbonyl (C=O) groups is 1. The maximum Gasteiger partial charge on any atom is 0.274 e. The minimum atomic E-state index is -0.399. The first-order chi connectivity index (χ1) is 13.5. The summed E-state index contributed by atoms with van der Waals surface area (Å²) in [4.78, 5) is 14.7. The van der Waals surface area contributed by atoms with Gasteiger partial charge in [-0.05, 0) is 36.6 Å². The van der Waals surface area contributed by atoms with Gasteiger partial charge in [0.05, 0.1) is 5.02 Å². The summed E-state index contributed by atoms with van der Waals surface area (Å²) in [7, 11) is 1.79. The summed E-state index contributed by atoms with van der Waals surface area (Å²) in [6.07, 6.45) is 4.45. The molecule has 152 valence electrons. The van der Waals surface area contributed by atoms with E-state index in [1.165, 1.54) is 6.07 Å². The van der Waals surface area contributed by atoms with Crippen LogP contribution in [0.4, 0.5) is 4.39 Å². The Morgan fingerprint density at radius 2 is 2.29 bits per heavy atom. The van der Waals surface area contributed by atoms with E-state index in [9.17, 15) is 9.18 Å². The van der Waals surface area contributed by atoms with E-state index in [4.69, 9.17) is 11.6 Å². The van der Waals surface area contributed by atoms with Gasteiger partial charge in [-0.3, -0.25) is 9.89 Å². The van der Waals surface area contributed by atoms with Gasteiger partial charge < -0.3 is 4.90 Å². The molecule has 1 aliphatic heterocycles. The third kappa shape index (κ3) is 4.36. The van der Waals surface area contributed by atoms with Crippen molar-refractivity contribution in [3.8, 4) is 0 Å². The van der Waals surface area contributed by atoms with Gasteiger partial charge in [-0.2, -0.15) is 5.10 Å². The van der Waals surface area contributed by atoms with Crippen molar-refractivity contribution in [1.29, 1.82) is 0 Å². The summed E-state index contributed by atoms with van der Waals surface area (Å²) in [6.45, 7) is 4.28. The van der Waals surface area contributed by atoms with Crippen LogP contribution in [0.15, 0.2) is 18.2 Å². The molecule has 0 aliphatic carbocycles. The Kier molecular flexibility index (Phi) is 7.01. The van der Waals surface area contributed by atoms with Crippen LogP contribution in [0.3, 0.4) is 0 Å². The average Bonchev–Trinajstić information content (AvgIpc) is 3.13. The molecule has 1 N–H and O–H groups in total. The third-order valence-electron chi connectivity index (χ3n) is 5.43. The maximum absolute atomic E-state index is 13.8. The summed E-state index contributed by atoms with van der Waals surface area (Å²) in [5.74, 6) is -0.386. The Bertz CT molecular complexity index is 844. The molecular formula is C20H26ClFN4OS. The molecule has 0 fully saturated rings. The molecule has 3 rings (SSSR count). The van der Waals surface area contributed by atoms with Gasteiger partial charge in [0.25, 0.3) is 5.91 Å². The predicted molar refractivity (Wildman–Crippen MR) is 112 cm³/mol. The number of rotatable bonds is 7. The normalized spacial score (nSPS) is 15.3. The van der Waals surface area contributed by atoms with Crippen molar-refractivity contribution in [2.24, 2.45) is 0 Å². The molecule has 28 heavy (non-hydrogen) atoms. The van der Waals surface area contributed by atoms with Crippen molar-refractivity contribution in [2.75, 3.05) is 26.4 Å². The number of benzene rings is 1. The van der Waals surface area contributed by atoms with E-state index >= 15 is 0 Å². The molecule has 5 nitrogen and oxygen atoms in total. The second-order valence-electron chi connectivity index (χ2n) is 7.09. The van der Waals surface area contributed by atoms with Crippen LogP contribution in [-0.2, 0) is 13.0 Å². The molecule has 1 aromatic heterocycles. The van der Waals surface area contributed by atoms with Crippen molar-refractivity contribution in [3.05, 3.63) is 51.6 Å². The van der Waals surface area contributed by atoms with Crippen LogP contribution in [-0.4, -0.2) is 51.7 Å². The molecule has 1 amide bonds. The zero-order valence-electron chi connectivity index (χ0n) is 16.5. The number of nitrogens with one attached hydrogen (secondary N) is 1. The largest absolute Gasteiger partial charge is 0.340 e.